The van der Waals surface area contributed by atoms with Gasteiger partial charge in [0.2, 0.25) is 20.0 Å². The van der Waals surface area contributed by atoms with Crippen molar-refractivity contribution in [3.05, 3.63) is 24.3 Å². The summed E-state index contributed by atoms with van der Waals surface area (Å²) in [5.74, 6) is 0.149. The molecule has 0 radical (unpaired) electrons. The van der Waals surface area contributed by atoms with Crippen molar-refractivity contribution in [1.82, 2.24) is 4.72 Å². The number of rotatable bonds is 4. The quantitative estimate of drug-likeness (QED) is 0.895. The number of hydrogen-bond acceptors (Lipinski definition) is 4. The SMILES string of the molecule is O=S(=O)(NC1CC1)c1ccc(N2CCCCS2(=O)=O)cc1. The Morgan fingerprint density at radius 3 is 2.33 bits per heavy atom. The predicted octanol–water partition coefficient (Wildman–Crippen LogP) is 1.06. The second-order valence-corrected chi connectivity index (χ2v) is 9.21. The first-order valence-electron chi connectivity index (χ1n) is 7.01. The molecule has 1 saturated heterocycles. The van der Waals surface area contributed by atoms with Gasteiger partial charge in [0, 0.05) is 12.6 Å². The minimum Gasteiger partial charge on any atom is -0.270 e. The van der Waals surface area contributed by atoms with Crippen molar-refractivity contribution in [2.75, 3.05) is 16.6 Å². The molecule has 6 nitrogen and oxygen atoms in total. The van der Waals surface area contributed by atoms with Crippen LogP contribution in [0.1, 0.15) is 25.7 Å². The number of nitrogens with one attached hydrogen (secondary N) is 1. The molecule has 1 aromatic rings. The van der Waals surface area contributed by atoms with Gasteiger partial charge < -0.3 is 0 Å². The van der Waals surface area contributed by atoms with Gasteiger partial charge in [-0.2, -0.15) is 0 Å². The lowest BCUT2D eigenvalue weighted by Crippen LogP contribution is -2.37. The Morgan fingerprint density at radius 1 is 1.10 bits per heavy atom. The summed E-state index contributed by atoms with van der Waals surface area (Å²) in [6.45, 7) is 0.453. The first kappa shape index (κ1) is 14.8. The molecule has 1 aromatic carbocycles. The Bertz CT molecular complexity index is 722. The van der Waals surface area contributed by atoms with Gasteiger partial charge in [0.1, 0.15) is 0 Å². The molecular formula is C13H18N2O4S2. The third-order valence-corrected chi connectivity index (χ3v) is 7.09. The summed E-state index contributed by atoms with van der Waals surface area (Å²) in [5.41, 5.74) is 0.528. The Kier molecular flexibility index (Phi) is 3.71. The highest BCUT2D eigenvalue weighted by Crippen LogP contribution is 2.26. The van der Waals surface area contributed by atoms with Crippen LogP contribution in [0.4, 0.5) is 5.69 Å². The van der Waals surface area contributed by atoms with Gasteiger partial charge >= 0.3 is 0 Å². The normalized spacial score (nSPS) is 22.2. The summed E-state index contributed by atoms with van der Waals surface area (Å²) in [6.07, 6.45) is 3.26. The molecule has 0 bridgehead atoms. The lowest BCUT2D eigenvalue weighted by molar-refractivity contribution is 0.574. The zero-order valence-electron chi connectivity index (χ0n) is 11.5. The predicted molar refractivity (Wildman–Crippen MR) is 80.2 cm³/mol. The molecule has 1 aliphatic carbocycles. The van der Waals surface area contributed by atoms with Crippen LogP contribution < -0.4 is 9.03 Å². The molecule has 1 saturated carbocycles. The van der Waals surface area contributed by atoms with E-state index < -0.39 is 20.0 Å². The van der Waals surface area contributed by atoms with Crippen LogP contribution in [0.25, 0.3) is 0 Å². The average molecular weight is 330 g/mol. The fraction of sp³-hybridized carbons (Fsp3) is 0.538. The van der Waals surface area contributed by atoms with Crippen LogP contribution in [-0.4, -0.2) is 35.2 Å². The highest BCUT2D eigenvalue weighted by Gasteiger charge is 2.29. The number of benzene rings is 1. The van der Waals surface area contributed by atoms with Crippen molar-refractivity contribution in [3.8, 4) is 0 Å². The van der Waals surface area contributed by atoms with Gasteiger partial charge in [-0.3, -0.25) is 4.31 Å². The van der Waals surface area contributed by atoms with Crippen LogP contribution >= 0.6 is 0 Å². The third-order valence-electron chi connectivity index (χ3n) is 3.68. The molecule has 0 atom stereocenters. The Morgan fingerprint density at radius 2 is 1.76 bits per heavy atom. The Labute approximate surface area is 125 Å². The minimum atomic E-state index is -3.49. The molecule has 116 valence electrons. The molecule has 0 amide bonds. The Balaban J connectivity index is 1.83. The number of nitrogens with zero attached hydrogens (tertiary/aromatic N) is 1. The largest absolute Gasteiger partial charge is 0.270 e. The average Bonchev–Trinajstić information content (AvgIpc) is 3.22. The van der Waals surface area contributed by atoms with Crippen LogP contribution in [0.3, 0.4) is 0 Å². The van der Waals surface area contributed by atoms with E-state index >= 15 is 0 Å². The van der Waals surface area contributed by atoms with E-state index in [1.54, 1.807) is 12.1 Å². The van der Waals surface area contributed by atoms with Gasteiger partial charge in [0.25, 0.3) is 0 Å². The monoisotopic (exact) mass is 330 g/mol. The Hall–Kier alpha value is -1.12. The standard InChI is InChI=1S/C13H18N2O4S2/c16-20(17)10-2-1-9-15(20)12-5-7-13(8-6-12)21(18,19)14-11-3-4-11/h5-8,11,14H,1-4,9-10H2. The summed E-state index contributed by atoms with van der Waals surface area (Å²) < 4.78 is 52.1. The molecule has 2 aliphatic rings. The number of hydrogen-bond donors (Lipinski definition) is 1. The lowest BCUT2D eigenvalue weighted by atomic mass is 10.3. The molecule has 3 rings (SSSR count). The first-order valence-corrected chi connectivity index (χ1v) is 10.1. The molecular weight excluding hydrogens is 312 g/mol. The minimum absolute atomic E-state index is 0.0529. The molecule has 2 fully saturated rings. The van der Waals surface area contributed by atoms with Crippen molar-refractivity contribution in [2.45, 2.75) is 36.6 Å². The molecule has 0 aromatic heterocycles. The van der Waals surface area contributed by atoms with E-state index in [0.717, 1.165) is 19.3 Å². The first-order chi connectivity index (χ1) is 9.88. The summed E-state index contributed by atoms with van der Waals surface area (Å²) in [5, 5.41) is 0. The maximum absolute atomic E-state index is 12.1. The van der Waals surface area contributed by atoms with E-state index in [0.29, 0.717) is 18.7 Å². The third kappa shape index (κ3) is 3.22. The van der Waals surface area contributed by atoms with Crippen molar-refractivity contribution < 1.29 is 16.8 Å². The highest BCUT2D eigenvalue weighted by molar-refractivity contribution is 7.92. The van der Waals surface area contributed by atoms with Crippen LogP contribution in [0.5, 0.6) is 0 Å². The van der Waals surface area contributed by atoms with Crippen molar-refractivity contribution in [2.24, 2.45) is 0 Å². The molecule has 0 unspecified atom stereocenters. The summed E-state index contributed by atoms with van der Waals surface area (Å²) >= 11 is 0. The van der Waals surface area contributed by atoms with E-state index in [9.17, 15) is 16.8 Å². The van der Waals surface area contributed by atoms with Gasteiger partial charge in [-0.1, -0.05) is 0 Å². The number of sulfonamides is 2. The highest BCUT2D eigenvalue weighted by atomic mass is 32.2. The maximum Gasteiger partial charge on any atom is 0.240 e. The van der Waals surface area contributed by atoms with Crippen LogP contribution in [-0.2, 0) is 20.0 Å². The summed E-state index contributed by atoms with van der Waals surface area (Å²) in [4.78, 5) is 0.174. The summed E-state index contributed by atoms with van der Waals surface area (Å²) in [7, 11) is -6.76. The molecule has 8 heteroatoms. The van der Waals surface area contributed by atoms with Crippen molar-refractivity contribution in [3.63, 3.8) is 0 Å². The fourth-order valence-corrected chi connectivity index (χ4v) is 5.30. The lowest BCUT2D eigenvalue weighted by Gasteiger charge is -2.28. The van der Waals surface area contributed by atoms with Gasteiger partial charge in [0.05, 0.1) is 16.3 Å². The second-order valence-electron chi connectivity index (χ2n) is 5.48. The fourth-order valence-electron chi connectivity index (χ4n) is 2.36. The summed E-state index contributed by atoms with van der Waals surface area (Å²) in [6, 6.07) is 6.10. The van der Waals surface area contributed by atoms with Gasteiger partial charge in [-0.15, -0.1) is 0 Å². The smallest absolute Gasteiger partial charge is 0.240 e. The topological polar surface area (TPSA) is 83.6 Å². The van der Waals surface area contributed by atoms with Gasteiger partial charge in [-0.05, 0) is 49.9 Å². The van der Waals surface area contributed by atoms with E-state index in [1.807, 2.05) is 0 Å². The number of anilines is 1. The van der Waals surface area contributed by atoms with E-state index in [2.05, 4.69) is 4.72 Å². The van der Waals surface area contributed by atoms with E-state index in [-0.39, 0.29) is 16.7 Å². The molecule has 1 aliphatic heterocycles. The van der Waals surface area contributed by atoms with E-state index in [4.69, 9.17) is 0 Å². The van der Waals surface area contributed by atoms with Crippen LogP contribution in [0.2, 0.25) is 0 Å². The van der Waals surface area contributed by atoms with Crippen LogP contribution in [0.15, 0.2) is 29.2 Å². The van der Waals surface area contributed by atoms with E-state index in [1.165, 1.54) is 16.4 Å². The molecule has 1 heterocycles. The maximum atomic E-state index is 12.1. The second kappa shape index (κ2) is 5.26. The van der Waals surface area contributed by atoms with Gasteiger partial charge in [-0.25, -0.2) is 21.6 Å². The molecule has 21 heavy (non-hydrogen) atoms. The molecule has 0 spiro atoms. The van der Waals surface area contributed by atoms with Gasteiger partial charge in [0.15, 0.2) is 0 Å². The van der Waals surface area contributed by atoms with Crippen molar-refractivity contribution >= 4 is 25.7 Å². The molecule has 1 N–H and O–H groups in total. The van der Waals surface area contributed by atoms with Crippen LogP contribution in [0, 0.1) is 0 Å². The van der Waals surface area contributed by atoms with Crippen molar-refractivity contribution in [1.29, 1.82) is 0 Å². The zero-order valence-corrected chi connectivity index (χ0v) is 13.2. The zero-order chi connectivity index (χ0) is 15.1.